The molecule has 2 aliphatic rings. The number of piperidine rings is 1. The summed E-state index contributed by atoms with van der Waals surface area (Å²) in [7, 11) is 1.58. The molecule has 0 aliphatic carbocycles. The van der Waals surface area contributed by atoms with Crippen LogP contribution in [0.25, 0.3) is 10.9 Å². The predicted octanol–water partition coefficient (Wildman–Crippen LogP) is 3.26. The molecular formula is C26H22ClF4N5O5. The molecular weight excluding hydrogens is 574 g/mol. The Morgan fingerprint density at radius 2 is 1.83 bits per heavy atom. The van der Waals surface area contributed by atoms with Gasteiger partial charge in [-0.15, -0.1) is 0 Å². The summed E-state index contributed by atoms with van der Waals surface area (Å²) < 4.78 is 53.6. The maximum Gasteiger partial charge on any atom is 0.405 e. The molecule has 0 saturated carbocycles. The van der Waals surface area contributed by atoms with Crippen molar-refractivity contribution in [3.8, 4) is 0 Å². The summed E-state index contributed by atoms with van der Waals surface area (Å²) in [4.78, 5) is 53.4. The van der Waals surface area contributed by atoms with Gasteiger partial charge in [-0.25, -0.2) is 9.18 Å². The van der Waals surface area contributed by atoms with Crippen molar-refractivity contribution in [3.63, 3.8) is 0 Å². The third-order valence-corrected chi connectivity index (χ3v) is 7.86. The average molecular weight is 596 g/mol. The van der Waals surface area contributed by atoms with Gasteiger partial charge in [0.2, 0.25) is 11.8 Å². The van der Waals surface area contributed by atoms with Gasteiger partial charge in [0, 0.05) is 36.7 Å². The molecule has 1 saturated heterocycles. The van der Waals surface area contributed by atoms with Crippen LogP contribution in [-0.2, 0) is 22.1 Å². The third-order valence-electron chi connectivity index (χ3n) is 7.49. The quantitative estimate of drug-likeness (QED) is 0.436. The van der Waals surface area contributed by atoms with Gasteiger partial charge in [-0.05, 0) is 43.2 Å². The molecule has 0 atom stereocenters. The van der Waals surface area contributed by atoms with Gasteiger partial charge < -0.3 is 20.2 Å². The van der Waals surface area contributed by atoms with Crippen LogP contribution < -0.4 is 10.2 Å². The van der Waals surface area contributed by atoms with Crippen molar-refractivity contribution >= 4 is 51.9 Å². The molecule has 216 valence electrons. The molecule has 5 rings (SSSR count). The number of carbonyl (C=O) groups excluding carboxylic acids is 3. The van der Waals surface area contributed by atoms with Gasteiger partial charge >= 0.3 is 12.1 Å². The summed E-state index contributed by atoms with van der Waals surface area (Å²) in [6.45, 7) is -2.25. The van der Waals surface area contributed by atoms with Gasteiger partial charge in [0.05, 0.1) is 21.6 Å². The number of amides is 3. The van der Waals surface area contributed by atoms with E-state index >= 15 is 0 Å². The Hall–Kier alpha value is -4.20. The molecule has 0 bridgehead atoms. The first-order valence-electron chi connectivity index (χ1n) is 12.4. The molecule has 41 heavy (non-hydrogen) atoms. The van der Waals surface area contributed by atoms with E-state index in [9.17, 15) is 41.8 Å². The Kier molecular flexibility index (Phi) is 6.92. The Morgan fingerprint density at radius 3 is 2.46 bits per heavy atom. The van der Waals surface area contributed by atoms with E-state index in [1.54, 1.807) is 18.4 Å². The van der Waals surface area contributed by atoms with Gasteiger partial charge in [0.15, 0.2) is 5.69 Å². The van der Waals surface area contributed by atoms with E-state index in [2.05, 4.69) is 5.10 Å². The molecule has 15 heteroatoms. The molecule has 2 aliphatic heterocycles. The molecule has 1 fully saturated rings. The number of nitrogens with zero attached hydrogens (tertiary/aromatic N) is 4. The fourth-order valence-corrected chi connectivity index (χ4v) is 5.89. The van der Waals surface area contributed by atoms with Crippen LogP contribution >= 0.6 is 11.6 Å². The average Bonchev–Trinajstić information content (AvgIpc) is 3.37. The lowest BCUT2D eigenvalue weighted by atomic mass is 9.73. The Morgan fingerprint density at radius 1 is 1.15 bits per heavy atom. The topological polar surface area (TPSA) is 125 Å². The minimum atomic E-state index is -4.65. The smallest absolute Gasteiger partial charge is 0.405 e. The largest absolute Gasteiger partial charge is 0.476 e. The SMILES string of the molecule is Cn1nc(C(=O)O)c2cc(C(=O)N3CCC4(CC3)C(=O)N(CC(=O)NCC(F)(F)F)c3ccc(F)c(Cl)c34)ccc21. The van der Waals surface area contributed by atoms with Crippen molar-refractivity contribution < 1.29 is 41.8 Å². The first-order chi connectivity index (χ1) is 19.2. The standard InChI is InChI=1S/C26H22ClF4N5O5/c1-34-16-4-2-13(10-14(16)21(33-34)23(39)40)22(38)35-8-6-25(7-9-35)19-17(5-3-15(28)20(19)27)36(24(25)41)11-18(37)32-12-26(29,30)31/h2-5,10H,6-9,11-12H2,1H3,(H,32,37)(H,39,40). The Bertz CT molecular complexity index is 1610. The van der Waals surface area contributed by atoms with Gasteiger partial charge in [-0.3, -0.25) is 19.1 Å². The van der Waals surface area contributed by atoms with E-state index in [1.807, 2.05) is 0 Å². The molecule has 0 unspecified atom stereocenters. The van der Waals surface area contributed by atoms with Crippen LogP contribution in [0.5, 0.6) is 0 Å². The van der Waals surface area contributed by atoms with Gasteiger partial charge in [0.25, 0.3) is 5.91 Å². The molecule has 2 aromatic carbocycles. The monoisotopic (exact) mass is 595 g/mol. The molecule has 3 amide bonds. The van der Waals surface area contributed by atoms with Crippen LogP contribution in [0.2, 0.25) is 5.02 Å². The summed E-state index contributed by atoms with van der Waals surface area (Å²) in [6, 6.07) is 6.80. The number of likely N-dealkylation sites (tertiary alicyclic amines) is 1. The van der Waals surface area contributed by atoms with Crippen LogP contribution in [-0.4, -0.2) is 75.8 Å². The number of halogens is 5. The van der Waals surface area contributed by atoms with E-state index in [0.717, 1.165) is 11.0 Å². The number of fused-ring (bicyclic) bond motifs is 3. The number of hydrogen-bond acceptors (Lipinski definition) is 5. The highest BCUT2D eigenvalue weighted by molar-refractivity contribution is 6.33. The van der Waals surface area contributed by atoms with Crippen molar-refractivity contribution in [2.75, 3.05) is 31.1 Å². The third kappa shape index (κ3) is 4.85. The lowest BCUT2D eigenvalue weighted by Gasteiger charge is -2.38. The number of carbonyl (C=O) groups is 4. The summed E-state index contributed by atoms with van der Waals surface area (Å²) in [5, 5.41) is 15.1. The Labute approximate surface area is 234 Å². The van der Waals surface area contributed by atoms with Crippen molar-refractivity contribution in [1.29, 1.82) is 0 Å². The van der Waals surface area contributed by atoms with Gasteiger partial charge in [-0.1, -0.05) is 11.6 Å². The van der Waals surface area contributed by atoms with Crippen LogP contribution in [0.15, 0.2) is 30.3 Å². The van der Waals surface area contributed by atoms with Gasteiger partial charge in [0.1, 0.15) is 18.9 Å². The summed E-state index contributed by atoms with van der Waals surface area (Å²) in [6.07, 6.45) is -4.64. The van der Waals surface area contributed by atoms with Crippen LogP contribution in [0.4, 0.5) is 23.2 Å². The van der Waals surface area contributed by atoms with E-state index < -0.39 is 54.2 Å². The molecule has 1 aromatic heterocycles. The van der Waals surface area contributed by atoms with Crippen molar-refractivity contribution in [2.45, 2.75) is 24.4 Å². The number of aromatic carboxylic acids is 1. The number of nitrogens with one attached hydrogen (secondary N) is 1. The number of carboxylic acids is 1. The Balaban J connectivity index is 1.40. The molecule has 1 spiro atoms. The van der Waals surface area contributed by atoms with E-state index in [1.165, 1.54) is 27.8 Å². The highest BCUT2D eigenvalue weighted by Gasteiger charge is 2.54. The highest BCUT2D eigenvalue weighted by atomic mass is 35.5. The summed E-state index contributed by atoms with van der Waals surface area (Å²) in [5.41, 5.74) is -0.650. The number of alkyl halides is 3. The summed E-state index contributed by atoms with van der Waals surface area (Å²) >= 11 is 6.30. The first kappa shape index (κ1) is 28.3. The molecule has 10 nitrogen and oxygen atoms in total. The normalized spacial score (nSPS) is 16.4. The number of carboxylic acid groups (broad SMARTS) is 1. The molecule has 3 aromatic rings. The number of benzene rings is 2. The number of aryl methyl sites for hydroxylation is 1. The maximum absolute atomic E-state index is 14.5. The van der Waals surface area contributed by atoms with Crippen LogP contribution in [0, 0.1) is 5.82 Å². The molecule has 0 radical (unpaired) electrons. The minimum absolute atomic E-state index is 0.00390. The van der Waals surface area contributed by atoms with Crippen LogP contribution in [0.1, 0.15) is 39.3 Å². The maximum atomic E-state index is 14.5. The number of anilines is 1. The second kappa shape index (κ2) is 10.0. The van der Waals surface area contributed by atoms with E-state index in [4.69, 9.17) is 11.6 Å². The predicted molar refractivity (Wildman–Crippen MR) is 137 cm³/mol. The van der Waals surface area contributed by atoms with Gasteiger partial charge in [-0.2, -0.15) is 18.3 Å². The lowest BCUT2D eigenvalue weighted by Crippen LogP contribution is -2.51. The van der Waals surface area contributed by atoms with Crippen molar-refractivity contribution in [3.05, 3.63) is 58.0 Å². The second-order valence-corrected chi connectivity index (χ2v) is 10.3. The van der Waals surface area contributed by atoms with Crippen LogP contribution in [0.3, 0.4) is 0 Å². The van der Waals surface area contributed by atoms with E-state index in [0.29, 0.717) is 5.52 Å². The van der Waals surface area contributed by atoms with Crippen molar-refractivity contribution in [1.82, 2.24) is 20.0 Å². The fraction of sp³-hybridized carbons (Fsp3) is 0.346. The zero-order valence-electron chi connectivity index (χ0n) is 21.4. The highest BCUT2D eigenvalue weighted by Crippen LogP contribution is 2.51. The van der Waals surface area contributed by atoms with E-state index in [-0.39, 0.29) is 58.8 Å². The first-order valence-corrected chi connectivity index (χ1v) is 12.7. The lowest BCUT2D eigenvalue weighted by molar-refractivity contribution is -0.138. The number of hydrogen-bond donors (Lipinski definition) is 2. The number of rotatable bonds is 5. The molecule has 2 N–H and O–H groups in total. The summed E-state index contributed by atoms with van der Waals surface area (Å²) in [5.74, 6) is -4.17. The second-order valence-electron chi connectivity index (χ2n) is 9.92. The van der Waals surface area contributed by atoms with Crippen molar-refractivity contribution in [2.24, 2.45) is 7.05 Å². The number of aromatic nitrogens is 2. The minimum Gasteiger partial charge on any atom is -0.476 e. The zero-order chi connectivity index (χ0) is 29.9. The molecule has 3 heterocycles. The fourth-order valence-electron chi connectivity index (χ4n) is 5.55. The zero-order valence-corrected chi connectivity index (χ0v) is 22.1.